The third-order valence-electron chi connectivity index (χ3n) is 6.98. The van der Waals surface area contributed by atoms with Crippen LogP contribution in [-0.4, -0.2) is 85.4 Å². The van der Waals surface area contributed by atoms with Gasteiger partial charge in [0.1, 0.15) is 12.3 Å². The van der Waals surface area contributed by atoms with Crippen molar-refractivity contribution in [2.75, 3.05) is 53.0 Å². The summed E-state index contributed by atoms with van der Waals surface area (Å²) in [6.45, 7) is 10.2. The summed E-state index contributed by atoms with van der Waals surface area (Å²) < 4.78 is 10.9. The van der Waals surface area contributed by atoms with E-state index in [2.05, 4.69) is 4.90 Å². The van der Waals surface area contributed by atoms with Gasteiger partial charge < -0.3 is 14.4 Å². The van der Waals surface area contributed by atoms with Crippen molar-refractivity contribution in [1.82, 2.24) is 14.8 Å². The third-order valence-corrected chi connectivity index (χ3v) is 7.33. The lowest BCUT2D eigenvalue weighted by atomic mass is 9.91. The first-order valence-electron chi connectivity index (χ1n) is 13.5. The van der Waals surface area contributed by atoms with E-state index in [1.807, 2.05) is 69.3 Å². The molecular formula is C30H39ClN4O4. The molecule has 210 valence electrons. The Morgan fingerprint density at radius 2 is 1.87 bits per heavy atom. The molecule has 2 amide bonds. The van der Waals surface area contributed by atoms with Gasteiger partial charge in [-0.1, -0.05) is 62.7 Å². The van der Waals surface area contributed by atoms with E-state index in [0.717, 1.165) is 35.7 Å². The van der Waals surface area contributed by atoms with E-state index in [1.54, 1.807) is 12.0 Å². The molecule has 2 aromatic carbocycles. The number of amides is 2. The van der Waals surface area contributed by atoms with Crippen LogP contribution in [0, 0.1) is 5.41 Å². The van der Waals surface area contributed by atoms with Gasteiger partial charge in [-0.25, -0.2) is 5.01 Å². The highest BCUT2D eigenvalue weighted by Crippen LogP contribution is 2.37. The molecule has 0 aliphatic carbocycles. The number of hydrogen-bond acceptors (Lipinski definition) is 6. The summed E-state index contributed by atoms with van der Waals surface area (Å²) in [5, 5.41) is 6.89. The Kier molecular flexibility index (Phi) is 9.64. The van der Waals surface area contributed by atoms with Gasteiger partial charge in [-0.3, -0.25) is 14.5 Å². The van der Waals surface area contributed by atoms with Crippen molar-refractivity contribution in [2.45, 2.75) is 39.7 Å². The zero-order valence-electron chi connectivity index (χ0n) is 23.4. The van der Waals surface area contributed by atoms with E-state index in [0.29, 0.717) is 44.2 Å². The Bertz CT molecular complexity index is 1190. The molecule has 1 saturated heterocycles. The van der Waals surface area contributed by atoms with Crippen molar-refractivity contribution in [3.8, 4) is 5.75 Å². The first kappa shape index (κ1) is 29.1. The molecule has 0 saturated carbocycles. The molecule has 2 heterocycles. The number of benzene rings is 2. The standard InChI is InChI=1S/C30H39ClN4O4/c1-30(2,3)20-28(36)34(13-12-33-14-16-39-17-15-33)21-29(37)35-27(24-10-5-6-11-25(24)31)19-26(32-35)22-8-7-9-23(18-22)38-4/h5-11,18,27H,12-17,19-21H2,1-4H3. The number of hydrogen-bond donors (Lipinski definition) is 0. The predicted octanol–water partition coefficient (Wildman–Crippen LogP) is 4.62. The Hall–Kier alpha value is -2.94. The third kappa shape index (κ3) is 7.81. The number of morpholine rings is 1. The highest BCUT2D eigenvalue weighted by Gasteiger charge is 2.36. The summed E-state index contributed by atoms with van der Waals surface area (Å²) in [6.07, 6.45) is 0.863. The van der Waals surface area contributed by atoms with Crippen molar-refractivity contribution in [3.05, 3.63) is 64.7 Å². The number of halogens is 1. The molecule has 4 rings (SSSR count). The Balaban J connectivity index is 1.59. The molecule has 2 aliphatic heterocycles. The van der Waals surface area contributed by atoms with Crippen molar-refractivity contribution in [3.63, 3.8) is 0 Å². The molecule has 1 atom stereocenters. The van der Waals surface area contributed by atoms with Crippen LogP contribution in [0.2, 0.25) is 5.02 Å². The second-order valence-corrected chi connectivity index (χ2v) is 11.7. The number of methoxy groups -OCH3 is 1. The second kappa shape index (κ2) is 12.9. The van der Waals surface area contributed by atoms with Crippen LogP contribution in [0.3, 0.4) is 0 Å². The summed E-state index contributed by atoms with van der Waals surface area (Å²) >= 11 is 6.59. The molecule has 1 unspecified atom stereocenters. The Labute approximate surface area is 236 Å². The molecule has 39 heavy (non-hydrogen) atoms. The molecule has 8 nitrogen and oxygen atoms in total. The first-order valence-corrected chi connectivity index (χ1v) is 13.9. The highest BCUT2D eigenvalue weighted by atomic mass is 35.5. The minimum absolute atomic E-state index is 0.0328. The SMILES string of the molecule is COc1cccc(C2=NN(C(=O)CN(CCN3CCOCC3)C(=O)CC(C)(C)C)C(c3ccccc3Cl)C2)c1. The summed E-state index contributed by atoms with van der Waals surface area (Å²) in [5.74, 6) is 0.452. The molecule has 9 heteroatoms. The fourth-order valence-electron chi connectivity index (χ4n) is 4.88. The van der Waals surface area contributed by atoms with E-state index in [9.17, 15) is 9.59 Å². The predicted molar refractivity (Wildman–Crippen MR) is 153 cm³/mol. The number of ether oxygens (including phenoxy) is 2. The smallest absolute Gasteiger partial charge is 0.262 e. The van der Waals surface area contributed by atoms with Crippen LogP contribution in [0.5, 0.6) is 5.75 Å². The van der Waals surface area contributed by atoms with Gasteiger partial charge in [0.2, 0.25) is 5.91 Å². The molecular weight excluding hydrogens is 516 g/mol. The molecule has 0 radical (unpaired) electrons. The average Bonchev–Trinajstić information content (AvgIpc) is 3.36. The van der Waals surface area contributed by atoms with Crippen molar-refractivity contribution >= 4 is 29.1 Å². The van der Waals surface area contributed by atoms with Gasteiger partial charge in [-0.2, -0.15) is 5.10 Å². The Morgan fingerprint density at radius 1 is 1.13 bits per heavy atom. The number of nitrogens with zero attached hydrogens (tertiary/aromatic N) is 4. The quantitative estimate of drug-likeness (QED) is 0.452. The van der Waals surface area contributed by atoms with E-state index in [4.69, 9.17) is 26.2 Å². The summed E-state index contributed by atoms with van der Waals surface area (Å²) in [4.78, 5) is 31.2. The van der Waals surface area contributed by atoms with Crippen molar-refractivity contribution in [2.24, 2.45) is 10.5 Å². The van der Waals surface area contributed by atoms with Gasteiger partial charge >= 0.3 is 0 Å². The van der Waals surface area contributed by atoms with E-state index in [1.165, 1.54) is 5.01 Å². The van der Waals surface area contributed by atoms with Crippen LogP contribution in [0.15, 0.2) is 53.6 Å². The lowest BCUT2D eigenvalue weighted by Crippen LogP contribution is -2.47. The second-order valence-electron chi connectivity index (χ2n) is 11.3. The van der Waals surface area contributed by atoms with Gasteiger partial charge in [-0.05, 0) is 29.2 Å². The van der Waals surface area contributed by atoms with E-state index < -0.39 is 0 Å². The largest absolute Gasteiger partial charge is 0.497 e. The van der Waals surface area contributed by atoms with Gasteiger partial charge in [0, 0.05) is 49.6 Å². The van der Waals surface area contributed by atoms with Crippen LogP contribution < -0.4 is 4.74 Å². The minimum atomic E-state index is -0.369. The van der Waals surface area contributed by atoms with Crippen molar-refractivity contribution < 1.29 is 19.1 Å². The maximum absolute atomic E-state index is 13.9. The number of carbonyl (C=O) groups is 2. The molecule has 0 spiro atoms. The molecule has 1 fully saturated rings. The van der Waals surface area contributed by atoms with Gasteiger partial charge in [-0.15, -0.1) is 0 Å². The van der Waals surface area contributed by atoms with Crippen LogP contribution in [-0.2, 0) is 14.3 Å². The number of hydrazone groups is 1. The van der Waals surface area contributed by atoms with Crippen LogP contribution in [0.25, 0.3) is 0 Å². The number of carbonyl (C=O) groups excluding carboxylic acids is 2. The van der Waals surface area contributed by atoms with Gasteiger partial charge in [0.15, 0.2) is 0 Å². The lowest BCUT2D eigenvalue weighted by Gasteiger charge is -2.32. The maximum atomic E-state index is 13.9. The molecule has 0 N–H and O–H groups in total. The molecule has 0 bridgehead atoms. The minimum Gasteiger partial charge on any atom is -0.497 e. The van der Waals surface area contributed by atoms with Crippen LogP contribution in [0.1, 0.15) is 50.8 Å². The summed E-state index contributed by atoms with van der Waals surface area (Å²) in [7, 11) is 1.62. The molecule has 0 aromatic heterocycles. The average molecular weight is 555 g/mol. The van der Waals surface area contributed by atoms with Crippen LogP contribution >= 0.6 is 11.6 Å². The highest BCUT2D eigenvalue weighted by molar-refractivity contribution is 6.31. The summed E-state index contributed by atoms with van der Waals surface area (Å²) in [6, 6.07) is 14.8. The fourth-order valence-corrected chi connectivity index (χ4v) is 5.15. The van der Waals surface area contributed by atoms with E-state index in [-0.39, 0.29) is 29.8 Å². The van der Waals surface area contributed by atoms with Crippen LogP contribution in [0.4, 0.5) is 0 Å². The molecule has 2 aromatic rings. The number of rotatable bonds is 9. The van der Waals surface area contributed by atoms with E-state index >= 15 is 0 Å². The normalized spacial score (nSPS) is 18.1. The van der Waals surface area contributed by atoms with Gasteiger partial charge in [0.05, 0.1) is 32.1 Å². The first-order chi connectivity index (χ1) is 18.6. The Morgan fingerprint density at radius 3 is 2.56 bits per heavy atom. The topological polar surface area (TPSA) is 74.7 Å². The lowest BCUT2D eigenvalue weighted by molar-refractivity contribution is -0.142. The monoisotopic (exact) mass is 554 g/mol. The fraction of sp³-hybridized carbons (Fsp3) is 0.500. The molecule has 2 aliphatic rings. The zero-order chi connectivity index (χ0) is 28.0. The van der Waals surface area contributed by atoms with Gasteiger partial charge in [0.25, 0.3) is 5.91 Å². The summed E-state index contributed by atoms with van der Waals surface area (Å²) in [5.41, 5.74) is 2.29. The zero-order valence-corrected chi connectivity index (χ0v) is 24.1. The maximum Gasteiger partial charge on any atom is 0.262 e. The van der Waals surface area contributed by atoms with Crippen molar-refractivity contribution in [1.29, 1.82) is 0 Å².